The van der Waals surface area contributed by atoms with Gasteiger partial charge in [0.05, 0.1) is 7.11 Å². The van der Waals surface area contributed by atoms with Gasteiger partial charge in [-0.25, -0.2) is 9.97 Å². The van der Waals surface area contributed by atoms with E-state index < -0.39 is 0 Å². The predicted octanol–water partition coefficient (Wildman–Crippen LogP) is 4.41. The van der Waals surface area contributed by atoms with Crippen molar-refractivity contribution in [2.45, 2.75) is 27.2 Å². The summed E-state index contributed by atoms with van der Waals surface area (Å²) in [6.07, 6.45) is 0.766. The minimum absolute atomic E-state index is 0.430. The van der Waals surface area contributed by atoms with Gasteiger partial charge in [-0.2, -0.15) is 0 Å². The fourth-order valence-electron chi connectivity index (χ4n) is 3.06. The van der Waals surface area contributed by atoms with E-state index in [4.69, 9.17) is 17.0 Å². The van der Waals surface area contributed by atoms with Crippen molar-refractivity contribution < 1.29 is 4.74 Å². The van der Waals surface area contributed by atoms with E-state index in [2.05, 4.69) is 30.9 Å². The number of benzene rings is 2. The summed E-state index contributed by atoms with van der Waals surface area (Å²) in [5.74, 6) is 1.78. The molecule has 0 aliphatic carbocycles. The summed E-state index contributed by atoms with van der Waals surface area (Å²) < 4.78 is 5.22. The highest BCUT2D eigenvalue weighted by Crippen LogP contribution is 2.13. The number of hydrogen-bond donors (Lipinski definition) is 3. The number of thiocarbonyl (C=S) groups is 1. The maximum atomic E-state index is 5.51. The number of anilines is 2. The number of nitrogens with one attached hydrogen (secondary N) is 3. The third-order valence-corrected chi connectivity index (χ3v) is 4.87. The molecule has 0 radical (unpaired) electrons. The van der Waals surface area contributed by atoms with Crippen molar-refractivity contribution in [1.29, 1.82) is 0 Å². The molecule has 8 heteroatoms. The molecule has 0 fully saturated rings. The van der Waals surface area contributed by atoms with Gasteiger partial charge < -0.3 is 15.4 Å². The Morgan fingerprint density at radius 3 is 2.31 bits per heavy atom. The highest BCUT2D eigenvalue weighted by molar-refractivity contribution is 7.80. The quantitative estimate of drug-likeness (QED) is 0.293. The third kappa shape index (κ3) is 7.02. The van der Waals surface area contributed by atoms with Gasteiger partial charge in [-0.1, -0.05) is 30.3 Å². The molecule has 0 bridgehead atoms. The van der Waals surface area contributed by atoms with Crippen LogP contribution in [0.5, 0.6) is 5.75 Å². The highest BCUT2D eigenvalue weighted by atomic mass is 32.1. The number of aromatic nitrogens is 2. The van der Waals surface area contributed by atoms with Crippen molar-refractivity contribution >= 4 is 34.9 Å². The number of aliphatic imine (C=N–C) groups is 1. The van der Waals surface area contributed by atoms with Gasteiger partial charge in [0, 0.05) is 23.6 Å². The van der Waals surface area contributed by atoms with Crippen LogP contribution >= 0.6 is 12.2 Å². The van der Waals surface area contributed by atoms with Crippen LogP contribution in [0.25, 0.3) is 0 Å². The molecule has 0 amide bonds. The topological polar surface area (TPSA) is 83.5 Å². The molecule has 0 aliphatic rings. The molecule has 2 aromatic carbocycles. The molecule has 3 N–H and O–H groups in total. The number of rotatable bonds is 6. The smallest absolute Gasteiger partial charge is 0.229 e. The summed E-state index contributed by atoms with van der Waals surface area (Å²) in [5.41, 5.74) is 4.94. The van der Waals surface area contributed by atoms with Crippen molar-refractivity contribution in [1.82, 2.24) is 15.3 Å². The largest absolute Gasteiger partial charge is 0.497 e. The van der Waals surface area contributed by atoms with Gasteiger partial charge in [0.1, 0.15) is 5.75 Å². The molecule has 0 saturated heterocycles. The van der Waals surface area contributed by atoms with Crippen LogP contribution in [0.3, 0.4) is 0 Å². The SMILES string of the molecule is COc1ccc(CCN=C(NC(=S)Nc2ccccc2C)Nc2nc(C)cc(C)n2)cc1. The lowest BCUT2D eigenvalue weighted by Crippen LogP contribution is -2.39. The van der Waals surface area contributed by atoms with E-state index in [9.17, 15) is 0 Å². The monoisotopic (exact) mass is 448 g/mol. The zero-order chi connectivity index (χ0) is 22.9. The molecule has 7 nitrogen and oxygen atoms in total. The van der Waals surface area contributed by atoms with E-state index >= 15 is 0 Å². The Kier molecular flexibility index (Phi) is 8.10. The van der Waals surface area contributed by atoms with Crippen LogP contribution in [-0.4, -0.2) is 34.7 Å². The van der Waals surface area contributed by atoms with Crippen LogP contribution in [-0.2, 0) is 6.42 Å². The van der Waals surface area contributed by atoms with Gasteiger partial charge in [0.2, 0.25) is 11.9 Å². The summed E-state index contributed by atoms with van der Waals surface area (Å²) in [6, 6.07) is 17.8. The maximum absolute atomic E-state index is 5.51. The number of guanidine groups is 1. The lowest BCUT2D eigenvalue weighted by molar-refractivity contribution is 0.414. The van der Waals surface area contributed by atoms with Crippen LogP contribution < -0.4 is 20.7 Å². The van der Waals surface area contributed by atoms with Gasteiger partial charge in [0.15, 0.2) is 5.11 Å². The molecule has 0 spiro atoms. The third-order valence-electron chi connectivity index (χ3n) is 4.67. The van der Waals surface area contributed by atoms with E-state index in [1.54, 1.807) is 7.11 Å². The zero-order valence-corrected chi connectivity index (χ0v) is 19.6. The van der Waals surface area contributed by atoms with Crippen LogP contribution in [0.4, 0.5) is 11.6 Å². The fourth-order valence-corrected chi connectivity index (χ4v) is 3.27. The Hall–Kier alpha value is -3.52. The number of hydrogen-bond acceptors (Lipinski definition) is 5. The minimum Gasteiger partial charge on any atom is -0.497 e. The summed E-state index contributed by atoms with van der Waals surface area (Å²) >= 11 is 5.51. The lowest BCUT2D eigenvalue weighted by atomic mass is 10.1. The lowest BCUT2D eigenvalue weighted by Gasteiger charge is -2.15. The Morgan fingerprint density at radius 1 is 0.969 bits per heavy atom. The predicted molar refractivity (Wildman–Crippen MR) is 135 cm³/mol. The van der Waals surface area contributed by atoms with Crippen LogP contribution in [0, 0.1) is 20.8 Å². The second kappa shape index (κ2) is 11.2. The summed E-state index contributed by atoms with van der Waals surface area (Å²) in [4.78, 5) is 13.6. The summed E-state index contributed by atoms with van der Waals surface area (Å²) in [6.45, 7) is 6.44. The first-order chi connectivity index (χ1) is 15.4. The Bertz CT molecular complexity index is 1080. The Balaban J connectivity index is 1.72. The van der Waals surface area contributed by atoms with Crippen molar-refractivity contribution in [2.24, 2.45) is 4.99 Å². The van der Waals surface area contributed by atoms with Crippen molar-refractivity contribution in [2.75, 3.05) is 24.3 Å². The molecular formula is C24H28N6OS. The molecule has 0 aliphatic heterocycles. The molecule has 166 valence electrons. The first kappa shape index (κ1) is 23.1. The van der Waals surface area contributed by atoms with Crippen molar-refractivity contribution in [3.8, 4) is 5.75 Å². The van der Waals surface area contributed by atoms with Gasteiger partial charge in [-0.15, -0.1) is 0 Å². The molecule has 0 atom stereocenters. The van der Waals surface area contributed by atoms with Crippen molar-refractivity contribution in [3.63, 3.8) is 0 Å². The second-order valence-corrected chi connectivity index (χ2v) is 7.73. The Labute approximate surface area is 194 Å². The normalized spacial score (nSPS) is 11.1. The molecule has 1 heterocycles. The van der Waals surface area contributed by atoms with Crippen molar-refractivity contribution in [3.05, 3.63) is 77.1 Å². The average Bonchev–Trinajstić information content (AvgIpc) is 2.75. The molecule has 3 rings (SSSR count). The number of nitrogens with zero attached hydrogens (tertiary/aromatic N) is 3. The molecule has 0 saturated carbocycles. The van der Waals surface area contributed by atoms with E-state index in [0.29, 0.717) is 23.6 Å². The number of methoxy groups -OCH3 is 1. The fraction of sp³-hybridized carbons (Fsp3) is 0.250. The molecule has 32 heavy (non-hydrogen) atoms. The summed E-state index contributed by atoms with van der Waals surface area (Å²) in [7, 11) is 1.66. The molecule has 0 unspecified atom stereocenters. The van der Waals surface area contributed by atoms with E-state index in [-0.39, 0.29) is 0 Å². The van der Waals surface area contributed by atoms with Gasteiger partial charge in [-0.3, -0.25) is 10.3 Å². The van der Waals surface area contributed by atoms with E-state index in [1.807, 2.05) is 75.4 Å². The second-order valence-electron chi connectivity index (χ2n) is 7.32. The molecular weight excluding hydrogens is 420 g/mol. The van der Waals surface area contributed by atoms with E-state index in [0.717, 1.165) is 40.4 Å². The standard InChI is InChI=1S/C24H28N6OS/c1-16-7-5-6-8-21(16)28-24(32)30-22(29-23-26-17(2)15-18(3)27-23)25-14-13-19-9-11-20(31-4)12-10-19/h5-12,15H,13-14H2,1-4H3,(H3,25,26,27,28,29,30,32). The number of aryl methyl sites for hydroxylation is 3. The number of para-hydroxylation sites is 1. The zero-order valence-electron chi connectivity index (χ0n) is 18.8. The van der Waals surface area contributed by atoms with Gasteiger partial charge >= 0.3 is 0 Å². The molecule has 1 aromatic heterocycles. The van der Waals surface area contributed by atoms with Crippen LogP contribution in [0.2, 0.25) is 0 Å². The highest BCUT2D eigenvalue weighted by Gasteiger charge is 2.08. The van der Waals surface area contributed by atoms with Gasteiger partial charge in [-0.05, 0) is 74.8 Å². The van der Waals surface area contributed by atoms with Crippen LogP contribution in [0.1, 0.15) is 22.5 Å². The minimum atomic E-state index is 0.430. The first-order valence-corrected chi connectivity index (χ1v) is 10.7. The van der Waals surface area contributed by atoms with Crippen LogP contribution in [0.15, 0.2) is 59.6 Å². The number of ether oxygens (including phenoxy) is 1. The first-order valence-electron chi connectivity index (χ1n) is 10.3. The van der Waals surface area contributed by atoms with E-state index in [1.165, 1.54) is 0 Å². The average molecular weight is 449 g/mol. The maximum Gasteiger partial charge on any atom is 0.229 e. The summed E-state index contributed by atoms with van der Waals surface area (Å²) in [5, 5.41) is 9.95. The van der Waals surface area contributed by atoms with Gasteiger partial charge in [0.25, 0.3) is 0 Å². The molecule has 3 aromatic rings. The Morgan fingerprint density at radius 2 is 1.66 bits per heavy atom.